The van der Waals surface area contributed by atoms with Gasteiger partial charge in [-0.15, -0.1) is 0 Å². The van der Waals surface area contributed by atoms with Crippen molar-refractivity contribution in [2.24, 2.45) is 0 Å². The van der Waals surface area contributed by atoms with Crippen LogP contribution >= 0.6 is 0 Å². The van der Waals surface area contributed by atoms with Crippen molar-refractivity contribution in [3.8, 4) is 11.8 Å². The molecule has 3 nitrogen and oxygen atoms in total. The summed E-state index contributed by atoms with van der Waals surface area (Å²) in [5.74, 6) is 0.776. The lowest BCUT2D eigenvalue weighted by molar-refractivity contribution is 0.415. The Morgan fingerprint density at radius 1 is 1.37 bits per heavy atom. The van der Waals surface area contributed by atoms with Crippen molar-refractivity contribution in [2.75, 3.05) is 19.0 Å². The van der Waals surface area contributed by atoms with E-state index in [0.29, 0.717) is 5.56 Å². The number of ether oxygens (including phenoxy) is 1. The fraction of sp³-hybridized carbons (Fsp3) is 0.438. The molecule has 0 saturated carbocycles. The van der Waals surface area contributed by atoms with Gasteiger partial charge in [-0.1, -0.05) is 11.6 Å². The van der Waals surface area contributed by atoms with Crippen molar-refractivity contribution >= 4 is 5.69 Å². The SMILES string of the molecule is COc1ccc(C#N)c(NCCC2=CCCCC2)c1. The third kappa shape index (κ3) is 3.75. The molecule has 100 valence electrons. The molecule has 2 rings (SSSR count). The Morgan fingerprint density at radius 2 is 2.26 bits per heavy atom. The van der Waals surface area contributed by atoms with Crippen molar-refractivity contribution in [2.45, 2.75) is 32.1 Å². The van der Waals surface area contributed by atoms with Gasteiger partial charge in [-0.05, 0) is 44.2 Å². The van der Waals surface area contributed by atoms with Gasteiger partial charge in [0.05, 0.1) is 18.4 Å². The maximum absolute atomic E-state index is 9.09. The standard InChI is InChI=1S/C16H20N2O/c1-19-15-8-7-14(12-17)16(11-15)18-10-9-13-5-3-2-4-6-13/h5,7-8,11,18H,2-4,6,9-10H2,1H3. The van der Waals surface area contributed by atoms with E-state index >= 15 is 0 Å². The van der Waals surface area contributed by atoms with Crippen molar-refractivity contribution in [3.63, 3.8) is 0 Å². The number of allylic oxidation sites excluding steroid dienone is 1. The van der Waals surface area contributed by atoms with Gasteiger partial charge < -0.3 is 10.1 Å². The fourth-order valence-corrected chi connectivity index (χ4v) is 2.38. The summed E-state index contributed by atoms with van der Waals surface area (Å²) in [7, 11) is 1.64. The fourth-order valence-electron chi connectivity index (χ4n) is 2.38. The van der Waals surface area contributed by atoms with Crippen LogP contribution in [0.5, 0.6) is 5.75 Å². The summed E-state index contributed by atoms with van der Waals surface area (Å²) in [6.07, 6.45) is 8.51. The number of hydrogen-bond donors (Lipinski definition) is 1. The van der Waals surface area contributed by atoms with E-state index in [0.717, 1.165) is 24.4 Å². The first kappa shape index (κ1) is 13.5. The third-order valence-electron chi connectivity index (χ3n) is 3.49. The molecule has 0 heterocycles. The highest BCUT2D eigenvalue weighted by Crippen LogP contribution is 2.23. The predicted molar refractivity (Wildman–Crippen MR) is 77.4 cm³/mol. The molecule has 3 heteroatoms. The zero-order valence-corrected chi connectivity index (χ0v) is 11.4. The summed E-state index contributed by atoms with van der Waals surface area (Å²) in [6.45, 7) is 0.869. The maximum atomic E-state index is 9.09. The van der Waals surface area contributed by atoms with Gasteiger partial charge in [0.2, 0.25) is 0 Å². The van der Waals surface area contributed by atoms with Crippen LogP contribution in [0.25, 0.3) is 0 Å². The molecule has 19 heavy (non-hydrogen) atoms. The Labute approximate surface area is 114 Å². The molecular weight excluding hydrogens is 236 g/mol. The van der Waals surface area contributed by atoms with Gasteiger partial charge >= 0.3 is 0 Å². The Kier molecular flexibility index (Phi) is 4.85. The number of nitrogens with one attached hydrogen (secondary N) is 1. The zero-order valence-electron chi connectivity index (χ0n) is 11.4. The lowest BCUT2D eigenvalue weighted by Crippen LogP contribution is -2.06. The second kappa shape index (κ2) is 6.84. The number of benzene rings is 1. The molecule has 0 amide bonds. The summed E-state index contributed by atoms with van der Waals surface area (Å²) in [6, 6.07) is 7.69. The molecule has 1 N–H and O–H groups in total. The Morgan fingerprint density at radius 3 is 2.95 bits per heavy atom. The van der Waals surface area contributed by atoms with Gasteiger partial charge in [-0.3, -0.25) is 0 Å². The second-order valence-corrected chi connectivity index (χ2v) is 4.81. The first-order valence-electron chi connectivity index (χ1n) is 6.83. The topological polar surface area (TPSA) is 45.0 Å². The van der Waals surface area contributed by atoms with Crippen LogP contribution in [0.4, 0.5) is 5.69 Å². The van der Waals surface area contributed by atoms with Gasteiger partial charge in [0.25, 0.3) is 0 Å². The molecule has 0 aliphatic heterocycles. The van der Waals surface area contributed by atoms with E-state index in [1.165, 1.54) is 25.7 Å². The van der Waals surface area contributed by atoms with Crippen LogP contribution in [0.3, 0.4) is 0 Å². The van der Waals surface area contributed by atoms with Gasteiger partial charge in [0.15, 0.2) is 0 Å². The van der Waals surface area contributed by atoms with E-state index < -0.39 is 0 Å². The lowest BCUT2D eigenvalue weighted by Gasteiger charge is -2.14. The summed E-state index contributed by atoms with van der Waals surface area (Å²) in [5, 5.41) is 12.4. The Bertz CT molecular complexity index is 500. The minimum absolute atomic E-state index is 0.665. The smallest absolute Gasteiger partial charge is 0.121 e. The van der Waals surface area contributed by atoms with Gasteiger partial charge in [-0.2, -0.15) is 5.26 Å². The zero-order chi connectivity index (χ0) is 13.5. The summed E-state index contributed by atoms with van der Waals surface area (Å²) in [4.78, 5) is 0. The molecule has 0 atom stereocenters. The lowest BCUT2D eigenvalue weighted by atomic mass is 9.97. The first-order valence-corrected chi connectivity index (χ1v) is 6.83. The van der Waals surface area contributed by atoms with E-state index in [2.05, 4.69) is 17.5 Å². The van der Waals surface area contributed by atoms with E-state index in [9.17, 15) is 0 Å². The van der Waals surface area contributed by atoms with E-state index in [1.807, 2.05) is 12.1 Å². The van der Waals surface area contributed by atoms with Crippen molar-refractivity contribution < 1.29 is 4.74 Å². The van der Waals surface area contributed by atoms with Crippen LogP contribution in [0.2, 0.25) is 0 Å². The number of hydrogen-bond acceptors (Lipinski definition) is 3. The summed E-state index contributed by atoms with van der Waals surface area (Å²) in [5.41, 5.74) is 3.07. The number of nitriles is 1. The van der Waals surface area contributed by atoms with Crippen LogP contribution in [0.15, 0.2) is 29.8 Å². The molecule has 1 aliphatic rings. The largest absolute Gasteiger partial charge is 0.497 e. The van der Waals surface area contributed by atoms with E-state index in [-0.39, 0.29) is 0 Å². The summed E-state index contributed by atoms with van der Waals surface area (Å²) >= 11 is 0. The minimum atomic E-state index is 0.665. The van der Waals surface area contributed by atoms with E-state index in [4.69, 9.17) is 10.00 Å². The predicted octanol–water partition coefficient (Wildman–Crippen LogP) is 3.87. The van der Waals surface area contributed by atoms with Gasteiger partial charge in [0, 0.05) is 12.6 Å². The molecule has 0 unspecified atom stereocenters. The summed E-state index contributed by atoms with van der Waals surface area (Å²) < 4.78 is 5.19. The monoisotopic (exact) mass is 256 g/mol. The number of methoxy groups -OCH3 is 1. The number of nitrogens with zero attached hydrogens (tertiary/aromatic N) is 1. The third-order valence-corrected chi connectivity index (χ3v) is 3.49. The molecule has 1 aromatic carbocycles. The highest BCUT2D eigenvalue weighted by Gasteiger charge is 2.06. The van der Waals surface area contributed by atoms with Crippen LogP contribution in [-0.2, 0) is 0 Å². The van der Waals surface area contributed by atoms with Gasteiger partial charge in [-0.25, -0.2) is 0 Å². The second-order valence-electron chi connectivity index (χ2n) is 4.81. The normalized spacial score (nSPS) is 14.4. The van der Waals surface area contributed by atoms with Crippen LogP contribution in [0.1, 0.15) is 37.7 Å². The van der Waals surface area contributed by atoms with Crippen molar-refractivity contribution in [3.05, 3.63) is 35.4 Å². The molecule has 0 spiro atoms. The Hall–Kier alpha value is -1.95. The minimum Gasteiger partial charge on any atom is -0.497 e. The molecule has 0 saturated heterocycles. The molecular formula is C16H20N2O. The van der Waals surface area contributed by atoms with Crippen molar-refractivity contribution in [1.29, 1.82) is 5.26 Å². The highest BCUT2D eigenvalue weighted by molar-refractivity contribution is 5.60. The van der Waals surface area contributed by atoms with Crippen LogP contribution in [-0.4, -0.2) is 13.7 Å². The molecule has 0 fully saturated rings. The molecule has 1 aliphatic carbocycles. The van der Waals surface area contributed by atoms with Crippen LogP contribution in [0, 0.1) is 11.3 Å². The first-order chi connectivity index (χ1) is 9.33. The van der Waals surface area contributed by atoms with Crippen LogP contribution < -0.4 is 10.1 Å². The van der Waals surface area contributed by atoms with Gasteiger partial charge in [0.1, 0.15) is 11.8 Å². The average Bonchev–Trinajstić information content (AvgIpc) is 2.48. The molecule has 0 bridgehead atoms. The molecule has 0 aromatic heterocycles. The van der Waals surface area contributed by atoms with Crippen molar-refractivity contribution in [1.82, 2.24) is 0 Å². The molecule has 0 radical (unpaired) electrons. The Balaban J connectivity index is 1.94. The molecule has 1 aromatic rings. The maximum Gasteiger partial charge on any atom is 0.121 e. The van der Waals surface area contributed by atoms with E-state index in [1.54, 1.807) is 18.7 Å². The number of anilines is 1. The quantitative estimate of drug-likeness (QED) is 0.813. The average molecular weight is 256 g/mol. The highest BCUT2D eigenvalue weighted by atomic mass is 16.5. The number of rotatable bonds is 5.